The molecule has 0 radical (unpaired) electrons. The maximum absolute atomic E-state index is 13.5. The summed E-state index contributed by atoms with van der Waals surface area (Å²) in [6.45, 7) is 4.55. The zero-order chi connectivity index (χ0) is 14.6. The standard InChI is InChI=1S/C17H15FO2S/c1-10-4-12-8-20-16(19)17(12,6-10)7-11-9-21-15-3-2-13(18)5-14(11)15/h2-3,5,9,12H,1,4,6-8H2. The first-order valence-corrected chi connectivity index (χ1v) is 7.96. The molecular formula is C17H15FO2S. The smallest absolute Gasteiger partial charge is 0.313 e. The predicted octanol–water partition coefficient (Wildman–Crippen LogP) is 4.09. The Balaban J connectivity index is 1.78. The van der Waals surface area contributed by atoms with Crippen molar-refractivity contribution in [3.63, 3.8) is 0 Å². The van der Waals surface area contributed by atoms with Gasteiger partial charge in [0.15, 0.2) is 0 Å². The number of rotatable bonds is 2. The molecule has 2 fully saturated rings. The van der Waals surface area contributed by atoms with Crippen LogP contribution in [0.5, 0.6) is 0 Å². The second-order valence-electron chi connectivity index (χ2n) is 6.16. The highest BCUT2D eigenvalue weighted by atomic mass is 32.1. The third-order valence-corrected chi connectivity index (χ3v) is 5.84. The van der Waals surface area contributed by atoms with E-state index < -0.39 is 5.41 Å². The topological polar surface area (TPSA) is 26.3 Å². The van der Waals surface area contributed by atoms with Crippen molar-refractivity contribution in [2.24, 2.45) is 11.3 Å². The fraction of sp³-hybridized carbons (Fsp3) is 0.353. The first-order valence-electron chi connectivity index (χ1n) is 7.08. The summed E-state index contributed by atoms with van der Waals surface area (Å²) >= 11 is 1.60. The van der Waals surface area contributed by atoms with Gasteiger partial charge in [0.1, 0.15) is 5.82 Å². The number of carbonyl (C=O) groups excluding carboxylic acids is 1. The molecule has 21 heavy (non-hydrogen) atoms. The number of esters is 1. The van der Waals surface area contributed by atoms with Crippen LogP contribution in [-0.2, 0) is 16.0 Å². The van der Waals surface area contributed by atoms with E-state index in [1.54, 1.807) is 23.5 Å². The molecule has 0 amide bonds. The van der Waals surface area contributed by atoms with Crippen molar-refractivity contribution in [2.75, 3.05) is 6.61 Å². The number of ether oxygens (including phenoxy) is 1. The van der Waals surface area contributed by atoms with Crippen LogP contribution in [0.3, 0.4) is 0 Å². The van der Waals surface area contributed by atoms with Crippen LogP contribution in [0.15, 0.2) is 35.7 Å². The van der Waals surface area contributed by atoms with Gasteiger partial charge in [-0.25, -0.2) is 4.39 Å². The molecule has 2 unspecified atom stereocenters. The Hall–Kier alpha value is -1.68. The molecule has 1 saturated heterocycles. The van der Waals surface area contributed by atoms with E-state index in [4.69, 9.17) is 4.74 Å². The van der Waals surface area contributed by atoms with E-state index in [0.29, 0.717) is 19.4 Å². The number of halogens is 1. The fourth-order valence-corrected chi connectivity index (χ4v) is 4.74. The Morgan fingerprint density at radius 1 is 1.48 bits per heavy atom. The van der Waals surface area contributed by atoms with E-state index in [1.165, 1.54) is 6.07 Å². The van der Waals surface area contributed by atoms with Gasteiger partial charge in [-0.2, -0.15) is 0 Å². The minimum absolute atomic E-state index is 0.109. The van der Waals surface area contributed by atoms with Gasteiger partial charge in [0.05, 0.1) is 12.0 Å². The van der Waals surface area contributed by atoms with Crippen LogP contribution in [0.4, 0.5) is 4.39 Å². The molecule has 0 spiro atoms. The molecule has 2 heterocycles. The Labute approximate surface area is 126 Å². The van der Waals surface area contributed by atoms with Crippen LogP contribution in [0.2, 0.25) is 0 Å². The maximum Gasteiger partial charge on any atom is 0.313 e. The summed E-state index contributed by atoms with van der Waals surface area (Å²) in [6.07, 6.45) is 2.18. The summed E-state index contributed by atoms with van der Waals surface area (Å²) in [5.74, 6) is -0.121. The van der Waals surface area contributed by atoms with Gasteiger partial charge in [0.2, 0.25) is 0 Å². The van der Waals surface area contributed by atoms with E-state index in [9.17, 15) is 9.18 Å². The third kappa shape index (κ3) is 1.85. The van der Waals surface area contributed by atoms with Crippen LogP contribution in [-0.4, -0.2) is 12.6 Å². The molecule has 4 rings (SSSR count). The highest BCUT2D eigenvalue weighted by molar-refractivity contribution is 7.17. The summed E-state index contributed by atoms with van der Waals surface area (Å²) < 4.78 is 19.9. The molecule has 1 aromatic carbocycles. The normalized spacial score (nSPS) is 28.1. The number of fused-ring (bicyclic) bond motifs is 2. The van der Waals surface area contributed by atoms with Crippen molar-refractivity contribution in [3.8, 4) is 0 Å². The summed E-state index contributed by atoms with van der Waals surface area (Å²) in [7, 11) is 0. The Bertz CT molecular complexity index is 763. The van der Waals surface area contributed by atoms with Crippen molar-refractivity contribution in [1.82, 2.24) is 0 Å². The van der Waals surface area contributed by atoms with E-state index >= 15 is 0 Å². The molecule has 2 aliphatic rings. The molecule has 2 nitrogen and oxygen atoms in total. The van der Waals surface area contributed by atoms with Crippen molar-refractivity contribution >= 4 is 27.4 Å². The second kappa shape index (κ2) is 4.41. The number of thiophene rings is 1. The molecule has 1 aliphatic carbocycles. The number of hydrogen-bond acceptors (Lipinski definition) is 3. The quantitative estimate of drug-likeness (QED) is 0.617. The number of hydrogen-bond donors (Lipinski definition) is 0. The van der Waals surface area contributed by atoms with Crippen molar-refractivity contribution < 1.29 is 13.9 Å². The van der Waals surface area contributed by atoms with Gasteiger partial charge in [-0.1, -0.05) is 12.2 Å². The average molecular weight is 302 g/mol. The minimum atomic E-state index is -0.475. The third-order valence-electron chi connectivity index (χ3n) is 4.83. The van der Waals surface area contributed by atoms with Crippen LogP contribution in [0.1, 0.15) is 18.4 Å². The Kier molecular flexibility index (Phi) is 2.73. The first kappa shape index (κ1) is 13.0. The predicted molar refractivity (Wildman–Crippen MR) is 80.7 cm³/mol. The number of allylic oxidation sites excluding steroid dienone is 1. The van der Waals surface area contributed by atoms with Crippen LogP contribution >= 0.6 is 11.3 Å². The lowest BCUT2D eigenvalue weighted by Gasteiger charge is -2.23. The molecule has 0 N–H and O–H groups in total. The van der Waals surface area contributed by atoms with Gasteiger partial charge in [0.25, 0.3) is 0 Å². The van der Waals surface area contributed by atoms with Crippen molar-refractivity contribution in [2.45, 2.75) is 19.3 Å². The lowest BCUT2D eigenvalue weighted by Crippen LogP contribution is -2.31. The molecular weight excluding hydrogens is 287 g/mol. The average Bonchev–Trinajstić information content (AvgIpc) is 3.06. The molecule has 1 aromatic heterocycles. The van der Waals surface area contributed by atoms with Crippen LogP contribution in [0, 0.1) is 17.2 Å². The maximum atomic E-state index is 13.5. The molecule has 1 aliphatic heterocycles. The van der Waals surface area contributed by atoms with Gasteiger partial charge >= 0.3 is 5.97 Å². The monoisotopic (exact) mass is 302 g/mol. The SMILES string of the molecule is C=C1CC2COC(=O)C2(Cc2csc3ccc(F)cc23)C1. The van der Waals surface area contributed by atoms with Gasteiger partial charge in [-0.3, -0.25) is 4.79 Å². The summed E-state index contributed by atoms with van der Waals surface area (Å²) in [5.41, 5.74) is 1.70. The van der Waals surface area contributed by atoms with Gasteiger partial charge in [-0.05, 0) is 53.8 Å². The fourth-order valence-electron chi connectivity index (χ4n) is 3.79. The van der Waals surface area contributed by atoms with Gasteiger partial charge in [0, 0.05) is 10.6 Å². The molecule has 108 valence electrons. The zero-order valence-corrected chi connectivity index (χ0v) is 12.3. The van der Waals surface area contributed by atoms with Crippen LogP contribution in [0.25, 0.3) is 10.1 Å². The number of cyclic esters (lactones) is 1. The Morgan fingerprint density at radius 3 is 3.19 bits per heavy atom. The lowest BCUT2D eigenvalue weighted by atomic mass is 9.75. The molecule has 2 atom stereocenters. The minimum Gasteiger partial charge on any atom is -0.465 e. The second-order valence-corrected chi connectivity index (χ2v) is 7.07. The van der Waals surface area contributed by atoms with E-state index in [1.807, 2.05) is 5.38 Å². The van der Waals surface area contributed by atoms with Gasteiger partial charge in [-0.15, -0.1) is 11.3 Å². The Morgan fingerprint density at radius 2 is 2.33 bits per heavy atom. The van der Waals surface area contributed by atoms with Crippen molar-refractivity contribution in [3.05, 3.63) is 47.1 Å². The summed E-state index contributed by atoms with van der Waals surface area (Å²) in [5, 5.41) is 2.97. The van der Waals surface area contributed by atoms with E-state index in [0.717, 1.165) is 27.6 Å². The number of benzene rings is 1. The van der Waals surface area contributed by atoms with Crippen LogP contribution < -0.4 is 0 Å². The van der Waals surface area contributed by atoms with E-state index in [2.05, 4.69) is 6.58 Å². The largest absolute Gasteiger partial charge is 0.465 e. The molecule has 1 saturated carbocycles. The summed E-state index contributed by atoms with van der Waals surface area (Å²) in [4.78, 5) is 12.3. The summed E-state index contributed by atoms with van der Waals surface area (Å²) in [6, 6.07) is 4.84. The highest BCUT2D eigenvalue weighted by Crippen LogP contribution is 2.53. The molecule has 4 heteroatoms. The number of carbonyl (C=O) groups is 1. The highest BCUT2D eigenvalue weighted by Gasteiger charge is 2.56. The van der Waals surface area contributed by atoms with E-state index in [-0.39, 0.29) is 17.7 Å². The zero-order valence-electron chi connectivity index (χ0n) is 11.5. The first-order chi connectivity index (χ1) is 10.1. The van der Waals surface area contributed by atoms with Crippen molar-refractivity contribution in [1.29, 1.82) is 0 Å². The molecule has 2 aromatic rings. The van der Waals surface area contributed by atoms with Gasteiger partial charge < -0.3 is 4.74 Å². The lowest BCUT2D eigenvalue weighted by molar-refractivity contribution is -0.146. The molecule has 0 bridgehead atoms.